The van der Waals surface area contributed by atoms with Crippen molar-refractivity contribution in [1.29, 1.82) is 0 Å². The second kappa shape index (κ2) is 5.32. The molecule has 0 amide bonds. The Bertz CT molecular complexity index is 229. The predicted octanol–water partition coefficient (Wildman–Crippen LogP) is 3.21. The molecular weight excluding hydrogens is 220 g/mol. The SMILES string of the molecule is CC(C)(COC=O)CO[Si](C)(C)C(C)(C)C. The van der Waals surface area contributed by atoms with Crippen molar-refractivity contribution in [3.63, 3.8) is 0 Å². The molecule has 0 spiro atoms. The van der Waals surface area contributed by atoms with Crippen LogP contribution >= 0.6 is 0 Å². The Hall–Kier alpha value is -0.353. The zero-order chi connectivity index (χ0) is 13.0. The minimum absolute atomic E-state index is 0.115. The lowest BCUT2D eigenvalue weighted by Crippen LogP contribution is -2.43. The molecule has 0 N–H and O–H groups in total. The molecule has 0 heterocycles. The van der Waals surface area contributed by atoms with Gasteiger partial charge in [-0.25, -0.2) is 0 Å². The molecule has 3 nitrogen and oxygen atoms in total. The average Bonchev–Trinajstić information content (AvgIpc) is 2.10. The Morgan fingerprint density at radius 1 is 1.06 bits per heavy atom. The van der Waals surface area contributed by atoms with E-state index in [0.717, 1.165) is 0 Å². The van der Waals surface area contributed by atoms with Crippen LogP contribution in [0, 0.1) is 5.41 Å². The van der Waals surface area contributed by atoms with Crippen LogP contribution in [0.15, 0.2) is 0 Å². The van der Waals surface area contributed by atoms with Gasteiger partial charge in [-0.15, -0.1) is 0 Å². The number of carbonyl (C=O) groups is 1. The molecule has 0 aromatic carbocycles. The number of hydrogen-bond acceptors (Lipinski definition) is 3. The smallest absolute Gasteiger partial charge is 0.293 e. The second-order valence-corrected chi connectivity index (χ2v) is 11.4. The van der Waals surface area contributed by atoms with E-state index >= 15 is 0 Å². The van der Waals surface area contributed by atoms with Crippen LogP contribution in [0.5, 0.6) is 0 Å². The molecule has 96 valence electrons. The standard InChI is InChI=1S/C12H26O3Si/c1-11(2,3)16(6,7)15-9-12(4,5)8-14-10-13/h10H,8-9H2,1-7H3. The molecule has 0 aliphatic heterocycles. The van der Waals surface area contributed by atoms with Gasteiger partial charge in [-0.2, -0.15) is 0 Å². The van der Waals surface area contributed by atoms with E-state index in [1.165, 1.54) is 0 Å². The van der Waals surface area contributed by atoms with Crippen molar-refractivity contribution in [3.05, 3.63) is 0 Å². The Morgan fingerprint density at radius 2 is 1.56 bits per heavy atom. The molecule has 0 aromatic rings. The fourth-order valence-corrected chi connectivity index (χ4v) is 2.08. The maximum Gasteiger partial charge on any atom is 0.293 e. The van der Waals surface area contributed by atoms with Gasteiger partial charge in [-0.3, -0.25) is 4.79 Å². The molecule has 0 fully saturated rings. The molecule has 4 heteroatoms. The van der Waals surface area contributed by atoms with Crippen LogP contribution in [-0.4, -0.2) is 28.0 Å². The van der Waals surface area contributed by atoms with Crippen LogP contribution in [0.1, 0.15) is 34.6 Å². The molecule has 0 atom stereocenters. The zero-order valence-electron chi connectivity index (χ0n) is 11.7. The molecule has 0 aliphatic carbocycles. The Balaban J connectivity index is 4.28. The van der Waals surface area contributed by atoms with Crippen LogP contribution in [0.4, 0.5) is 0 Å². The summed E-state index contributed by atoms with van der Waals surface area (Å²) in [7, 11) is -1.70. The normalized spacial score (nSPS) is 13.7. The summed E-state index contributed by atoms with van der Waals surface area (Å²) in [5, 5.41) is 0.217. The first-order valence-electron chi connectivity index (χ1n) is 5.71. The molecule has 0 bridgehead atoms. The highest BCUT2D eigenvalue weighted by molar-refractivity contribution is 6.74. The first-order chi connectivity index (χ1) is 7.02. The third-order valence-corrected chi connectivity index (χ3v) is 7.65. The van der Waals surface area contributed by atoms with Gasteiger partial charge in [-0.1, -0.05) is 34.6 Å². The Kier molecular flexibility index (Phi) is 5.20. The van der Waals surface area contributed by atoms with E-state index in [9.17, 15) is 4.79 Å². The van der Waals surface area contributed by atoms with Crippen molar-refractivity contribution >= 4 is 14.8 Å². The van der Waals surface area contributed by atoms with E-state index in [1.807, 2.05) is 13.8 Å². The van der Waals surface area contributed by atoms with Gasteiger partial charge >= 0.3 is 0 Å². The summed E-state index contributed by atoms with van der Waals surface area (Å²) >= 11 is 0. The number of carbonyl (C=O) groups excluding carboxylic acids is 1. The predicted molar refractivity (Wildman–Crippen MR) is 68.9 cm³/mol. The molecule has 0 aliphatic rings. The van der Waals surface area contributed by atoms with Crippen LogP contribution in [0.25, 0.3) is 0 Å². The van der Waals surface area contributed by atoms with Crippen molar-refractivity contribution in [2.75, 3.05) is 13.2 Å². The average molecular weight is 246 g/mol. The van der Waals surface area contributed by atoms with E-state index in [1.54, 1.807) is 0 Å². The lowest BCUT2D eigenvalue weighted by atomic mass is 9.97. The molecule has 0 saturated carbocycles. The van der Waals surface area contributed by atoms with Crippen molar-refractivity contribution < 1.29 is 14.0 Å². The van der Waals surface area contributed by atoms with Crippen molar-refractivity contribution in [3.8, 4) is 0 Å². The third kappa shape index (κ3) is 5.12. The van der Waals surface area contributed by atoms with E-state index < -0.39 is 8.32 Å². The van der Waals surface area contributed by atoms with Crippen LogP contribution in [0.2, 0.25) is 18.1 Å². The molecule has 0 unspecified atom stereocenters. The molecule has 0 radical (unpaired) electrons. The second-order valence-electron chi connectivity index (χ2n) is 6.62. The highest BCUT2D eigenvalue weighted by atomic mass is 28.4. The summed E-state index contributed by atoms with van der Waals surface area (Å²) in [4.78, 5) is 10.2. The lowest BCUT2D eigenvalue weighted by molar-refractivity contribution is -0.132. The number of rotatable bonds is 6. The van der Waals surface area contributed by atoms with Gasteiger partial charge < -0.3 is 9.16 Å². The van der Waals surface area contributed by atoms with Gasteiger partial charge in [0.2, 0.25) is 0 Å². The van der Waals surface area contributed by atoms with Crippen LogP contribution in [-0.2, 0) is 14.0 Å². The number of hydrogen-bond donors (Lipinski definition) is 0. The van der Waals surface area contributed by atoms with Crippen LogP contribution < -0.4 is 0 Å². The summed E-state index contributed by atoms with van der Waals surface area (Å²) < 4.78 is 10.9. The summed E-state index contributed by atoms with van der Waals surface area (Å²) in [6.45, 7) is 16.7. The minimum atomic E-state index is -1.70. The maximum absolute atomic E-state index is 10.2. The summed E-state index contributed by atoms with van der Waals surface area (Å²) in [6, 6.07) is 0. The van der Waals surface area contributed by atoms with E-state index in [4.69, 9.17) is 9.16 Å². The summed E-state index contributed by atoms with van der Waals surface area (Å²) in [5.74, 6) is 0. The van der Waals surface area contributed by atoms with Crippen molar-refractivity contribution in [2.24, 2.45) is 5.41 Å². The van der Waals surface area contributed by atoms with Gasteiger partial charge in [0.05, 0.1) is 6.61 Å². The Morgan fingerprint density at radius 3 is 1.94 bits per heavy atom. The largest absolute Gasteiger partial charge is 0.467 e. The highest BCUT2D eigenvalue weighted by Crippen LogP contribution is 2.37. The van der Waals surface area contributed by atoms with Gasteiger partial charge in [0, 0.05) is 12.0 Å². The monoisotopic (exact) mass is 246 g/mol. The topological polar surface area (TPSA) is 35.5 Å². The van der Waals surface area contributed by atoms with Crippen LogP contribution in [0.3, 0.4) is 0 Å². The fourth-order valence-electron chi connectivity index (χ4n) is 0.894. The highest BCUT2D eigenvalue weighted by Gasteiger charge is 2.38. The van der Waals surface area contributed by atoms with E-state index in [-0.39, 0.29) is 10.5 Å². The van der Waals surface area contributed by atoms with Crippen molar-refractivity contribution in [2.45, 2.75) is 52.8 Å². The van der Waals surface area contributed by atoms with Gasteiger partial charge in [0.25, 0.3) is 6.47 Å². The first kappa shape index (κ1) is 15.6. The molecule has 0 rings (SSSR count). The van der Waals surface area contributed by atoms with Gasteiger partial charge in [0.1, 0.15) is 0 Å². The first-order valence-corrected chi connectivity index (χ1v) is 8.62. The van der Waals surface area contributed by atoms with Crippen molar-refractivity contribution in [1.82, 2.24) is 0 Å². The summed E-state index contributed by atoms with van der Waals surface area (Å²) in [5.41, 5.74) is -0.115. The van der Waals surface area contributed by atoms with Gasteiger partial charge in [0.15, 0.2) is 8.32 Å². The molecule has 0 aromatic heterocycles. The van der Waals surface area contributed by atoms with Gasteiger partial charge in [-0.05, 0) is 18.1 Å². The minimum Gasteiger partial charge on any atom is -0.467 e. The van der Waals surface area contributed by atoms with E-state index in [0.29, 0.717) is 19.7 Å². The molecule has 16 heavy (non-hydrogen) atoms. The van der Waals surface area contributed by atoms with E-state index in [2.05, 4.69) is 33.9 Å². The Labute approximate surface area is 101 Å². The molecule has 0 saturated heterocycles. The lowest BCUT2D eigenvalue weighted by Gasteiger charge is -2.38. The fraction of sp³-hybridized carbons (Fsp3) is 0.917. The summed E-state index contributed by atoms with van der Waals surface area (Å²) in [6.07, 6.45) is 0. The zero-order valence-corrected chi connectivity index (χ0v) is 12.7. The maximum atomic E-state index is 10.2. The molecular formula is C12H26O3Si. The quantitative estimate of drug-likeness (QED) is 0.533. The number of ether oxygens (including phenoxy) is 1. The third-order valence-electron chi connectivity index (χ3n) is 3.17.